The number of nitrogens with one attached hydrogen (secondary N) is 1. The smallest absolute Gasteiger partial charge is 0.305 e. The van der Waals surface area contributed by atoms with Crippen LogP contribution in [-0.2, 0) is 23.9 Å². The summed E-state index contributed by atoms with van der Waals surface area (Å²) in [4.78, 5) is 41.4. The molecule has 232 valence electrons. The lowest BCUT2D eigenvalue weighted by molar-refractivity contribution is -0.211. The zero-order valence-electron chi connectivity index (χ0n) is 25.9. The van der Waals surface area contributed by atoms with Crippen LogP contribution in [0.3, 0.4) is 0 Å². The maximum atomic E-state index is 14.2. The van der Waals surface area contributed by atoms with Crippen LogP contribution in [0.4, 0.5) is 0 Å². The standard InChI is InChI=1S/C35H45NO7/c1-18-23(21-9-11-42-17-21)14-24-28(18)35(4)25(15-27(38)41-5)34(3)26(37)8-10-33(2,30(34)29(39)31(35)43-24)32(40)36-16-22-13-19-6-7-20(22)12-19/h8-11,17,19-20,22-25,29-31,39H,6-7,12-16H2,1-5H3,(H,36,40)/t19?,20?,22?,23-,24-,25-,29-,30+,31-,33-,34+,35-/m1/s1. The highest BCUT2D eigenvalue weighted by atomic mass is 16.5. The molecule has 8 nitrogen and oxygen atoms in total. The highest BCUT2D eigenvalue weighted by Crippen LogP contribution is 2.70. The summed E-state index contributed by atoms with van der Waals surface area (Å²) in [6.07, 6.45) is 10.2. The summed E-state index contributed by atoms with van der Waals surface area (Å²) in [5.41, 5.74) is 0.0363. The van der Waals surface area contributed by atoms with E-state index in [1.165, 1.54) is 32.4 Å². The van der Waals surface area contributed by atoms with Gasteiger partial charge in [0.05, 0.1) is 49.8 Å². The summed E-state index contributed by atoms with van der Waals surface area (Å²) in [6, 6.07) is 1.96. The van der Waals surface area contributed by atoms with E-state index in [1.807, 2.05) is 26.8 Å². The molecule has 2 heterocycles. The molecular weight excluding hydrogens is 546 g/mol. The Kier molecular flexibility index (Phi) is 6.68. The number of furan rings is 1. The maximum absolute atomic E-state index is 14.2. The fraction of sp³-hybridized carbons (Fsp3) is 0.686. The number of amides is 1. The SMILES string of the molecule is COC(=O)C[C@H]1[C@]2(C)C3=C(C)[C@H](c4ccoc4)C[C@H]3O[C@@H]2[C@H](O)[C@@H]2[C@]1(C)C(=O)C=C[C@@]2(C)C(=O)NCC1CC2CCC1C2. The third kappa shape index (κ3) is 3.90. The molecule has 0 radical (unpaired) electrons. The Morgan fingerprint density at radius 3 is 2.58 bits per heavy atom. The lowest BCUT2D eigenvalue weighted by Crippen LogP contribution is -2.70. The molecule has 1 aliphatic heterocycles. The molecule has 12 atom stereocenters. The van der Waals surface area contributed by atoms with Crippen molar-refractivity contribution in [3.05, 3.63) is 47.5 Å². The molecule has 3 saturated carbocycles. The average molecular weight is 592 g/mol. The molecule has 2 bridgehead atoms. The van der Waals surface area contributed by atoms with E-state index in [2.05, 4.69) is 12.2 Å². The summed E-state index contributed by atoms with van der Waals surface area (Å²) >= 11 is 0. The van der Waals surface area contributed by atoms with Crippen molar-refractivity contribution in [1.82, 2.24) is 5.32 Å². The van der Waals surface area contributed by atoms with Crippen LogP contribution in [0.5, 0.6) is 0 Å². The number of methoxy groups -OCH3 is 1. The first-order valence-corrected chi connectivity index (χ1v) is 16.1. The van der Waals surface area contributed by atoms with Gasteiger partial charge in [-0.2, -0.15) is 0 Å². The van der Waals surface area contributed by atoms with Crippen molar-refractivity contribution in [3.63, 3.8) is 0 Å². The number of fused-ring (bicyclic) bond motifs is 6. The van der Waals surface area contributed by atoms with Gasteiger partial charge in [-0.15, -0.1) is 0 Å². The molecule has 0 aromatic carbocycles. The van der Waals surface area contributed by atoms with Crippen LogP contribution in [0.2, 0.25) is 0 Å². The number of hydrogen-bond acceptors (Lipinski definition) is 7. The minimum atomic E-state index is -1.22. The molecule has 4 fully saturated rings. The monoisotopic (exact) mass is 591 g/mol. The summed E-state index contributed by atoms with van der Waals surface area (Å²) in [7, 11) is 1.36. The van der Waals surface area contributed by atoms with E-state index in [-0.39, 0.29) is 30.1 Å². The fourth-order valence-electron chi connectivity index (χ4n) is 11.1. The number of rotatable bonds is 6. The van der Waals surface area contributed by atoms with Crippen LogP contribution in [0.1, 0.15) is 77.7 Å². The van der Waals surface area contributed by atoms with Gasteiger partial charge in [-0.1, -0.05) is 31.9 Å². The fourth-order valence-corrected chi connectivity index (χ4v) is 11.1. The minimum Gasteiger partial charge on any atom is -0.472 e. The number of ether oxygens (including phenoxy) is 2. The van der Waals surface area contributed by atoms with E-state index < -0.39 is 46.3 Å². The van der Waals surface area contributed by atoms with Gasteiger partial charge in [-0.3, -0.25) is 14.4 Å². The van der Waals surface area contributed by atoms with E-state index in [0.29, 0.717) is 24.8 Å². The first-order valence-electron chi connectivity index (χ1n) is 16.1. The van der Waals surface area contributed by atoms with Crippen molar-refractivity contribution in [2.45, 2.75) is 90.4 Å². The van der Waals surface area contributed by atoms with Gasteiger partial charge in [0.1, 0.15) is 0 Å². The summed E-state index contributed by atoms with van der Waals surface area (Å²) in [5, 5.41) is 15.6. The van der Waals surface area contributed by atoms with Crippen molar-refractivity contribution in [2.24, 2.45) is 45.8 Å². The second kappa shape index (κ2) is 9.90. The first-order chi connectivity index (χ1) is 20.4. The minimum absolute atomic E-state index is 0.0190. The Morgan fingerprint density at radius 2 is 1.93 bits per heavy atom. The van der Waals surface area contributed by atoms with Crippen LogP contribution in [0.25, 0.3) is 0 Å². The molecule has 0 spiro atoms. The normalized spacial score (nSPS) is 46.1. The van der Waals surface area contributed by atoms with Crippen molar-refractivity contribution >= 4 is 17.7 Å². The van der Waals surface area contributed by atoms with Crippen LogP contribution in [-0.4, -0.2) is 54.7 Å². The van der Waals surface area contributed by atoms with Crippen LogP contribution in [0, 0.1) is 45.8 Å². The topological polar surface area (TPSA) is 115 Å². The van der Waals surface area contributed by atoms with Crippen molar-refractivity contribution < 1.29 is 33.4 Å². The Bertz CT molecular complexity index is 1400. The molecule has 1 aromatic rings. The lowest BCUT2D eigenvalue weighted by atomic mass is 9.41. The third-order valence-corrected chi connectivity index (χ3v) is 13.1. The predicted octanol–water partition coefficient (Wildman–Crippen LogP) is 4.73. The number of esters is 1. The first kappa shape index (κ1) is 29.0. The molecule has 8 heteroatoms. The molecule has 2 N–H and O–H groups in total. The van der Waals surface area contributed by atoms with E-state index in [4.69, 9.17) is 13.9 Å². The van der Waals surface area contributed by atoms with Crippen molar-refractivity contribution in [1.29, 1.82) is 0 Å². The van der Waals surface area contributed by atoms with E-state index in [0.717, 1.165) is 29.0 Å². The number of aliphatic hydroxyl groups is 1. The number of allylic oxidation sites excluding steroid dienone is 2. The molecule has 1 aromatic heterocycles. The van der Waals surface area contributed by atoms with Crippen LogP contribution in [0.15, 0.2) is 46.3 Å². The lowest BCUT2D eigenvalue weighted by Gasteiger charge is -2.62. The van der Waals surface area contributed by atoms with E-state index >= 15 is 0 Å². The van der Waals surface area contributed by atoms with Gasteiger partial charge in [0.2, 0.25) is 5.91 Å². The predicted molar refractivity (Wildman–Crippen MR) is 157 cm³/mol. The zero-order valence-corrected chi connectivity index (χ0v) is 25.9. The van der Waals surface area contributed by atoms with Crippen molar-refractivity contribution in [2.75, 3.05) is 13.7 Å². The van der Waals surface area contributed by atoms with Gasteiger partial charge in [0.25, 0.3) is 0 Å². The zero-order chi connectivity index (χ0) is 30.5. The summed E-state index contributed by atoms with van der Waals surface area (Å²) in [6.45, 7) is 8.45. The number of aliphatic hydroxyl groups excluding tert-OH is 1. The maximum Gasteiger partial charge on any atom is 0.305 e. The molecule has 3 unspecified atom stereocenters. The number of carbonyl (C=O) groups excluding carboxylic acids is 3. The highest BCUT2D eigenvalue weighted by Gasteiger charge is 2.74. The second-order valence-corrected chi connectivity index (χ2v) is 15.0. The molecular formula is C35H45NO7. The van der Waals surface area contributed by atoms with Gasteiger partial charge in [-0.25, -0.2) is 0 Å². The summed E-state index contributed by atoms with van der Waals surface area (Å²) < 4.78 is 17.4. The van der Waals surface area contributed by atoms with Gasteiger partial charge >= 0.3 is 5.97 Å². The van der Waals surface area contributed by atoms with Gasteiger partial charge < -0.3 is 24.3 Å². The highest BCUT2D eigenvalue weighted by molar-refractivity contribution is 6.00. The number of ketones is 1. The Morgan fingerprint density at radius 1 is 1.14 bits per heavy atom. The molecule has 1 amide bonds. The average Bonchev–Trinajstić information content (AvgIpc) is 3.81. The van der Waals surface area contributed by atoms with E-state index in [9.17, 15) is 19.5 Å². The summed E-state index contributed by atoms with van der Waals surface area (Å²) in [5.74, 6) is -0.0921. The molecule has 6 aliphatic rings. The number of carbonyl (C=O) groups is 3. The van der Waals surface area contributed by atoms with Crippen LogP contribution >= 0.6 is 0 Å². The quantitative estimate of drug-likeness (QED) is 0.363. The molecule has 43 heavy (non-hydrogen) atoms. The van der Waals surface area contributed by atoms with E-state index in [1.54, 1.807) is 18.6 Å². The Labute approximate surface area is 253 Å². The second-order valence-electron chi connectivity index (χ2n) is 15.0. The van der Waals surface area contributed by atoms with Crippen LogP contribution < -0.4 is 5.32 Å². The number of hydrogen-bond donors (Lipinski definition) is 2. The Balaban J connectivity index is 1.29. The van der Waals surface area contributed by atoms with Gasteiger partial charge in [0.15, 0.2) is 5.78 Å². The largest absolute Gasteiger partial charge is 0.472 e. The van der Waals surface area contributed by atoms with Gasteiger partial charge in [0, 0.05) is 29.2 Å². The Hall–Kier alpha value is -2.71. The molecule has 5 aliphatic carbocycles. The molecule has 1 saturated heterocycles. The van der Waals surface area contributed by atoms with Crippen molar-refractivity contribution in [3.8, 4) is 0 Å². The van der Waals surface area contributed by atoms with Gasteiger partial charge in [-0.05, 0) is 86.5 Å². The third-order valence-electron chi connectivity index (χ3n) is 13.1. The molecule has 7 rings (SSSR count).